The molecule has 0 aromatic rings. The molecule has 0 aromatic heterocycles. The van der Waals surface area contributed by atoms with Crippen LogP contribution in [0.1, 0.15) is 32.6 Å². The van der Waals surface area contributed by atoms with Crippen molar-refractivity contribution >= 4 is 23.3 Å². The Morgan fingerprint density at radius 3 is 2.81 bits per heavy atom. The number of alkyl carbamates (subject to hydrolysis) is 1. The van der Waals surface area contributed by atoms with Gasteiger partial charge in [-0.25, -0.2) is 4.79 Å². The van der Waals surface area contributed by atoms with Gasteiger partial charge in [0, 0.05) is 5.92 Å². The molecule has 16 heavy (non-hydrogen) atoms. The van der Waals surface area contributed by atoms with Crippen LogP contribution in [0.4, 0.5) is 4.79 Å². The predicted molar refractivity (Wildman–Crippen MR) is 67.6 cm³/mol. The van der Waals surface area contributed by atoms with Gasteiger partial charge in [-0.2, -0.15) is 0 Å². The second-order valence-corrected chi connectivity index (χ2v) is 4.44. The average molecular weight is 244 g/mol. The van der Waals surface area contributed by atoms with E-state index in [0.717, 1.165) is 38.8 Å². The van der Waals surface area contributed by atoms with E-state index in [2.05, 4.69) is 17.6 Å². The van der Waals surface area contributed by atoms with Crippen LogP contribution in [0.2, 0.25) is 0 Å². The molecule has 1 aliphatic rings. The Hall–Kier alpha value is -0.680. The summed E-state index contributed by atoms with van der Waals surface area (Å²) < 4.78 is 4.99. The highest BCUT2D eigenvalue weighted by atomic mass is 32.1. The highest BCUT2D eigenvalue weighted by molar-refractivity contribution is 7.80. The fourth-order valence-corrected chi connectivity index (χ4v) is 1.95. The van der Waals surface area contributed by atoms with Gasteiger partial charge in [0.2, 0.25) is 0 Å². The van der Waals surface area contributed by atoms with E-state index in [9.17, 15) is 4.79 Å². The summed E-state index contributed by atoms with van der Waals surface area (Å²) >= 11 is 5.19. The van der Waals surface area contributed by atoms with E-state index in [4.69, 9.17) is 17.0 Å². The van der Waals surface area contributed by atoms with E-state index in [1.165, 1.54) is 0 Å². The summed E-state index contributed by atoms with van der Waals surface area (Å²) in [7, 11) is 0. The molecule has 2 N–H and O–H groups in total. The summed E-state index contributed by atoms with van der Waals surface area (Å²) in [4.78, 5) is 12.0. The van der Waals surface area contributed by atoms with Crippen LogP contribution in [0.5, 0.6) is 0 Å². The maximum atomic E-state index is 11.3. The quantitative estimate of drug-likeness (QED) is 0.585. The third-order valence-electron chi connectivity index (χ3n) is 2.67. The molecule has 92 valence electrons. The largest absolute Gasteiger partial charge is 0.449 e. The van der Waals surface area contributed by atoms with Crippen molar-refractivity contribution in [2.45, 2.75) is 32.6 Å². The minimum Gasteiger partial charge on any atom is -0.449 e. The van der Waals surface area contributed by atoms with Gasteiger partial charge in [-0.3, -0.25) is 5.32 Å². The van der Waals surface area contributed by atoms with Gasteiger partial charge in [0.05, 0.1) is 11.6 Å². The van der Waals surface area contributed by atoms with Crippen molar-refractivity contribution in [3.63, 3.8) is 0 Å². The Morgan fingerprint density at radius 2 is 2.19 bits per heavy atom. The van der Waals surface area contributed by atoms with Crippen LogP contribution in [0.15, 0.2) is 0 Å². The first-order valence-electron chi connectivity index (χ1n) is 5.92. The molecule has 0 bridgehead atoms. The monoisotopic (exact) mass is 244 g/mol. The molecule has 0 radical (unpaired) electrons. The van der Waals surface area contributed by atoms with E-state index in [0.29, 0.717) is 17.5 Å². The number of amides is 1. The third-order valence-corrected chi connectivity index (χ3v) is 3.10. The first-order chi connectivity index (χ1) is 7.74. The van der Waals surface area contributed by atoms with E-state index >= 15 is 0 Å². The van der Waals surface area contributed by atoms with Crippen LogP contribution < -0.4 is 10.6 Å². The first-order valence-corrected chi connectivity index (χ1v) is 6.33. The lowest BCUT2D eigenvalue weighted by molar-refractivity contribution is 0.149. The standard InChI is InChI=1S/C11H20N2O2S/c1-2-3-8-15-11(14)13-10(16)9-4-6-12-7-5-9/h9,12H,2-8H2,1H3,(H,13,14,16). The molecule has 1 saturated heterocycles. The Morgan fingerprint density at radius 1 is 1.50 bits per heavy atom. The predicted octanol–water partition coefficient (Wildman–Crippen LogP) is 1.84. The Bertz CT molecular complexity index is 240. The third kappa shape index (κ3) is 4.90. The maximum Gasteiger partial charge on any atom is 0.412 e. The van der Waals surface area contributed by atoms with Gasteiger partial charge in [0.25, 0.3) is 0 Å². The van der Waals surface area contributed by atoms with E-state index in [1.54, 1.807) is 0 Å². The zero-order chi connectivity index (χ0) is 11.8. The molecular formula is C11H20N2O2S. The van der Waals surface area contributed by atoms with Crippen LogP contribution in [0.25, 0.3) is 0 Å². The fourth-order valence-electron chi connectivity index (χ4n) is 1.63. The number of thiocarbonyl (C=S) groups is 1. The molecule has 5 heteroatoms. The molecule has 0 spiro atoms. The molecular weight excluding hydrogens is 224 g/mol. The number of carbonyl (C=O) groups is 1. The van der Waals surface area contributed by atoms with E-state index in [1.807, 2.05) is 0 Å². The van der Waals surface area contributed by atoms with Crippen molar-refractivity contribution in [1.82, 2.24) is 10.6 Å². The lowest BCUT2D eigenvalue weighted by Gasteiger charge is -2.23. The molecule has 1 aliphatic heterocycles. The van der Waals surface area contributed by atoms with E-state index in [-0.39, 0.29) is 0 Å². The fraction of sp³-hybridized carbons (Fsp3) is 0.818. The summed E-state index contributed by atoms with van der Waals surface area (Å²) in [6.07, 6.45) is 3.50. The topological polar surface area (TPSA) is 50.4 Å². The summed E-state index contributed by atoms with van der Waals surface area (Å²) in [5, 5.41) is 5.91. The van der Waals surface area contributed by atoms with Gasteiger partial charge in [-0.1, -0.05) is 25.6 Å². The number of ether oxygens (including phenoxy) is 1. The maximum absolute atomic E-state index is 11.3. The normalized spacial score (nSPS) is 16.8. The second kappa shape index (κ2) is 7.57. The zero-order valence-electron chi connectivity index (χ0n) is 9.75. The molecule has 0 unspecified atom stereocenters. The minimum absolute atomic E-state index is 0.315. The number of piperidine rings is 1. The van der Waals surface area contributed by atoms with Gasteiger partial charge in [-0.05, 0) is 32.4 Å². The summed E-state index contributed by atoms with van der Waals surface area (Å²) in [5.41, 5.74) is 0. The highest BCUT2D eigenvalue weighted by Gasteiger charge is 2.19. The molecule has 1 fully saturated rings. The molecule has 1 heterocycles. The number of carbonyl (C=O) groups excluding carboxylic acids is 1. The summed E-state index contributed by atoms with van der Waals surface area (Å²) in [6.45, 7) is 4.47. The molecule has 4 nitrogen and oxygen atoms in total. The smallest absolute Gasteiger partial charge is 0.412 e. The van der Waals surface area contributed by atoms with Crippen molar-refractivity contribution in [3.05, 3.63) is 0 Å². The first kappa shape index (κ1) is 13.4. The molecule has 0 aliphatic carbocycles. The van der Waals surface area contributed by atoms with Crippen LogP contribution in [-0.2, 0) is 4.74 Å². The van der Waals surface area contributed by atoms with Gasteiger partial charge in [0.1, 0.15) is 0 Å². The number of hydrogen-bond acceptors (Lipinski definition) is 4. The minimum atomic E-state index is -0.406. The van der Waals surface area contributed by atoms with Crippen molar-refractivity contribution in [3.8, 4) is 0 Å². The number of hydrogen-bond donors (Lipinski definition) is 2. The average Bonchev–Trinajstić information content (AvgIpc) is 2.30. The Balaban J connectivity index is 2.19. The van der Waals surface area contributed by atoms with E-state index < -0.39 is 6.09 Å². The molecule has 1 amide bonds. The van der Waals surface area contributed by atoms with Crippen molar-refractivity contribution < 1.29 is 9.53 Å². The second-order valence-electron chi connectivity index (χ2n) is 4.00. The van der Waals surface area contributed by atoms with Crippen molar-refractivity contribution in [2.24, 2.45) is 5.92 Å². The molecule has 1 rings (SSSR count). The SMILES string of the molecule is CCCCOC(=O)NC(=S)C1CCNCC1. The summed E-state index contributed by atoms with van der Waals surface area (Å²) in [6, 6.07) is 0. The van der Waals surface area contributed by atoms with Crippen LogP contribution in [0, 0.1) is 5.92 Å². The zero-order valence-corrected chi connectivity index (χ0v) is 10.6. The van der Waals surface area contributed by atoms with Gasteiger partial charge < -0.3 is 10.1 Å². The lowest BCUT2D eigenvalue weighted by atomic mass is 9.98. The molecule has 0 saturated carbocycles. The van der Waals surface area contributed by atoms with Crippen LogP contribution >= 0.6 is 12.2 Å². The summed E-state index contributed by atoms with van der Waals surface area (Å²) in [5.74, 6) is 0.315. The highest BCUT2D eigenvalue weighted by Crippen LogP contribution is 2.12. The number of rotatable bonds is 4. The van der Waals surface area contributed by atoms with Crippen LogP contribution in [-0.4, -0.2) is 30.8 Å². The van der Waals surface area contributed by atoms with Crippen LogP contribution in [0.3, 0.4) is 0 Å². The Kier molecular flexibility index (Phi) is 6.33. The van der Waals surface area contributed by atoms with Gasteiger partial charge >= 0.3 is 6.09 Å². The lowest BCUT2D eigenvalue weighted by Crippen LogP contribution is -2.39. The molecule has 0 atom stereocenters. The Labute approximate surface area is 102 Å². The van der Waals surface area contributed by atoms with Gasteiger partial charge in [0.15, 0.2) is 0 Å². The van der Waals surface area contributed by atoms with Gasteiger partial charge in [-0.15, -0.1) is 0 Å². The number of unbranched alkanes of at least 4 members (excludes halogenated alkanes) is 1. The van der Waals surface area contributed by atoms with Crippen molar-refractivity contribution in [2.75, 3.05) is 19.7 Å². The number of nitrogens with one attached hydrogen (secondary N) is 2. The van der Waals surface area contributed by atoms with Crippen molar-refractivity contribution in [1.29, 1.82) is 0 Å². The molecule has 0 aromatic carbocycles.